The Balaban J connectivity index is 2.87. The maximum atomic E-state index is 5.61. The minimum absolute atomic E-state index is 0.504. The molecule has 0 aliphatic heterocycles. The van der Waals surface area contributed by atoms with Gasteiger partial charge in [-0.3, -0.25) is 0 Å². The quantitative estimate of drug-likeness (QED) is 0.618. The van der Waals surface area contributed by atoms with Crippen molar-refractivity contribution in [3.63, 3.8) is 0 Å². The first-order valence-corrected chi connectivity index (χ1v) is 4.03. The molecule has 0 aromatic heterocycles. The van der Waals surface area contributed by atoms with Crippen molar-refractivity contribution in [3.05, 3.63) is 42.5 Å². The third kappa shape index (κ3) is 2.51. The molecule has 0 aliphatic rings. The summed E-state index contributed by atoms with van der Waals surface area (Å²) in [5.41, 5.74) is 1.70. The molecule has 0 spiro atoms. The summed E-state index contributed by atoms with van der Waals surface area (Å²) in [4.78, 5) is 4.04. The molecular weight excluding hydrogens is 170 g/mol. The number of nitrogens with zero attached hydrogens (tertiary/aromatic N) is 1. The van der Waals surface area contributed by atoms with Gasteiger partial charge in [0.05, 0.1) is 5.70 Å². The predicted octanol–water partition coefficient (Wildman–Crippen LogP) is 3.31. The van der Waals surface area contributed by atoms with Gasteiger partial charge in [-0.15, -0.1) is 0 Å². The lowest BCUT2D eigenvalue weighted by atomic mass is 10.2. The Morgan fingerprint density at radius 2 is 1.92 bits per heavy atom. The van der Waals surface area contributed by atoms with E-state index in [4.69, 9.17) is 11.6 Å². The SMILES string of the molecule is C=C(/N=C(\C)Cl)c1ccccc1. The zero-order valence-electron chi connectivity index (χ0n) is 6.92. The highest BCUT2D eigenvalue weighted by atomic mass is 35.5. The Morgan fingerprint density at radius 1 is 1.33 bits per heavy atom. The Hall–Kier alpha value is -1.08. The van der Waals surface area contributed by atoms with Crippen LogP contribution in [0.3, 0.4) is 0 Å². The fraction of sp³-hybridized carbons (Fsp3) is 0.100. The van der Waals surface area contributed by atoms with Crippen LogP contribution in [0.5, 0.6) is 0 Å². The normalized spacial score (nSPS) is 11.3. The zero-order chi connectivity index (χ0) is 8.97. The van der Waals surface area contributed by atoms with Gasteiger partial charge in [-0.05, 0) is 12.5 Å². The molecule has 1 aromatic carbocycles. The lowest BCUT2D eigenvalue weighted by Gasteiger charge is -1.98. The largest absolute Gasteiger partial charge is 0.242 e. The van der Waals surface area contributed by atoms with E-state index in [2.05, 4.69) is 11.6 Å². The van der Waals surface area contributed by atoms with E-state index in [0.717, 1.165) is 5.56 Å². The van der Waals surface area contributed by atoms with Gasteiger partial charge in [-0.25, -0.2) is 4.99 Å². The van der Waals surface area contributed by atoms with Crippen LogP contribution >= 0.6 is 11.6 Å². The molecular formula is C10H10ClN. The smallest absolute Gasteiger partial charge is 0.103 e. The molecule has 1 rings (SSSR count). The number of aliphatic imine (C=N–C) groups is 1. The van der Waals surface area contributed by atoms with Crippen LogP contribution in [0, 0.1) is 0 Å². The molecule has 1 aromatic rings. The summed E-state index contributed by atoms with van der Waals surface area (Å²) in [7, 11) is 0. The average Bonchev–Trinajstić information content (AvgIpc) is 2.05. The molecule has 62 valence electrons. The van der Waals surface area contributed by atoms with Gasteiger partial charge in [0, 0.05) is 0 Å². The molecule has 1 nitrogen and oxygen atoms in total. The average molecular weight is 180 g/mol. The zero-order valence-corrected chi connectivity index (χ0v) is 7.67. The van der Waals surface area contributed by atoms with Gasteiger partial charge in [0.1, 0.15) is 5.17 Å². The van der Waals surface area contributed by atoms with Crippen molar-refractivity contribution in [1.29, 1.82) is 0 Å². The van der Waals surface area contributed by atoms with E-state index < -0.39 is 0 Å². The highest BCUT2D eigenvalue weighted by Crippen LogP contribution is 2.13. The number of rotatable bonds is 2. The Kier molecular flexibility index (Phi) is 3.06. The predicted molar refractivity (Wildman–Crippen MR) is 54.4 cm³/mol. The van der Waals surface area contributed by atoms with Crippen molar-refractivity contribution in [3.8, 4) is 0 Å². The van der Waals surface area contributed by atoms with E-state index in [1.54, 1.807) is 6.92 Å². The molecule has 0 radical (unpaired) electrons. The maximum absolute atomic E-state index is 5.61. The van der Waals surface area contributed by atoms with E-state index in [1.807, 2.05) is 30.3 Å². The third-order valence-electron chi connectivity index (χ3n) is 1.40. The summed E-state index contributed by atoms with van der Waals surface area (Å²) in [6.45, 7) is 5.52. The van der Waals surface area contributed by atoms with Crippen molar-refractivity contribution in [1.82, 2.24) is 0 Å². The van der Waals surface area contributed by atoms with Crippen molar-refractivity contribution in [2.24, 2.45) is 4.99 Å². The number of benzene rings is 1. The second-order valence-electron chi connectivity index (χ2n) is 2.42. The fourth-order valence-electron chi connectivity index (χ4n) is 0.881. The monoisotopic (exact) mass is 179 g/mol. The molecule has 12 heavy (non-hydrogen) atoms. The van der Waals surface area contributed by atoms with Gasteiger partial charge in [-0.1, -0.05) is 48.5 Å². The molecule has 0 fully saturated rings. The van der Waals surface area contributed by atoms with Crippen molar-refractivity contribution in [2.45, 2.75) is 6.92 Å². The van der Waals surface area contributed by atoms with Crippen LogP contribution in [0.15, 0.2) is 41.9 Å². The van der Waals surface area contributed by atoms with Gasteiger partial charge in [0.2, 0.25) is 0 Å². The number of hydrogen-bond acceptors (Lipinski definition) is 1. The summed E-state index contributed by atoms with van der Waals surface area (Å²) in [6.07, 6.45) is 0. The molecule has 0 atom stereocenters. The van der Waals surface area contributed by atoms with Crippen LogP contribution in [0.2, 0.25) is 0 Å². The van der Waals surface area contributed by atoms with E-state index in [1.165, 1.54) is 0 Å². The highest BCUT2D eigenvalue weighted by molar-refractivity contribution is 6.65. The molecule has 0 aliphatic carbocycles. The molecule has 0 N–H and O–H groups in total. The van der Waals surface area contributed by atoms with Gasteiger partial charge in [-0.2, -0.15) is 0 Å². The van der Waals surface area contributed by atoms with Crippen LogP contribution < -0.4 is 0 Å². The third-order valence-corrected chi connectivity index (χ3v) is 1.48. The van der Waals surface area contributed by atoms with Crippen LogP contribution in [-0.4, -0.2) is 5.17 Å². The molecule has 0 saturated carbocycles. The topological polar surface area (TPSA) is 12.4 Å². The lowest BCUT2D eigenvalue weighted by Crippen LogP contribution is -1.81. The van der Waals surface area contributed by atoms with Gasteiger partial charge >= 0.3 is 0 Å². The van der Waals surface area contributed by atoms with Gasteiger partial charge < -0.3 is 0 Å². The first kappa shape index (κ1) is 9.01. The Bertz CT molecular complexity index is 297. The van der Waals surface area contributed by atoms with E-state index >= 15 is 0 Å². The summed E-state index contributed by atoms with van der Waals surface area (Å²) < 4.78 is 0. The van der Waals surface area contributed by atoms with Crippen LogP contribution in [0.25, 0.3) is 5.70 Å². The molecule has 0 heterocycles. The Morgan fingerprint density at radius 3 is 2.42 bits per heavy atom. The molecule has 2 heteroatoms. The summed E-state index contributed by atoms with van der Waals surface area (Å²) in [6, 6.07) is 9.74. The lowest BCUT2D eigenvalue weighted by molar-refractivity contribution is 1.52. The standard InChI is InChI=1S/C10H10ClN/c1-8(12-9(2)11)10-6-4-3-5-7-10/h3-7H,1H2,2H3/b12-9+. The van der Waals surface area contributed by atoms with Crippen molar-refractivity contribution >= 4 is 22.5 Å². The second kappa shape index (κ2) is 4.07. The van der Waals surface area contributed by atoms with E-state index in [-0.39, 0.29) is 0 Å². The minimum atomic E-state index is 0.504. The number of halogens is 1. The second-order valence-corrected chi connectivity index (χ2v) is 2.97. The van der Waals surface area contributed by atoms with Crippen molar-refractivity contribution < 1.29 is 0 Å². The molecule has 0 saturated heterocycles. The van der Waals surface area contributed by atoms with Crippen LogP contribution in [0.1, 0.15) is 12.5 Å². The molecule has 0 bridgehead atoms. The maximum Gasteiger partial charge on any atom is 0.103 e. The van der Waals surface area contributed by atoms with E-state index in [9.17, 15) is 0 Å². The first-order chi connectivity index (χ1) is 5.70. The van der Waals surface area contributed by atoms with Crippen LogP contribution in [-0.2, 0) is 0 Å². The first-order valence-electron chi connectivity index (χ1n) is 3.65. The molecule has 0 amide bonds. The van der Waals surface area contributed by atoms with Crippen LogP contribution in [0.4, 0.5) is 0 Å². The summed E-state index contributed by atoms with van der Waals surface area (Å²) >= 11 is 5.61. The fourth-order valence-corrected chi connectivity index (χ4v) is 0.983. The summed E-state index contributed by atoms with van der Waals surface area (Å²) in [5, 5.41) is 0.504. The minimum Gasteiger partial charge on any atom is -0.242 e. The number of hydrogen-bond donors (Lipinski definition) is 0. The summed E-state index contributed by atoms with van der Waals surface area (Å²) in [5.74, 6) is 0. The Labute approximate surface area is 77.4 Å². The van der Waals surface area contributed by atoms with Gasteiger partial charge in [0.15, 0.2) is 0 Å². The highest BCUT2D eigenvalue weighted by Gasteiger charge is 1.94. The van der Waals surface area contributed by atoms with Gasteiger partial charge in [0.25, 0.3) is 0 Å². The van der Waals surface area contributed by atoms with Crippen molar-refractivity contribution in [2.75, 3.05) is 0 Å². The molecule has 0 unspecified atom stereocenters. The van der Waals surface area contributed by atoms with E-state index in [0.29, 0.717) is 10.9 Å².